The van der Waals surface area contributed by atoms with Crippen LogP contribution in [-0.2, 0) is 0 Å². The molecule has 0 spiro atoms. The molecule has 2 nitrogen and oxygen atoms in total. The van der Waals surface area contributed by atoms with Crippen molar-refractivity contribution >= 4 is 0 Å². The summed E-state index contributed by atoms with van der Waals surface area (Å²) < 4.78 is 0. The molecular formula is C19H38N2. The van der Waals surface area contributed by atoms with Crippen LogP contribution in [0.2, 0.25) is 0 Å². The van der Waals surface area contributed by atoms with Crippen LogP contribution in [0.4, 0.5) is 0 Å². The Bertz CT molecular complexity index is 223. The zero-order valence-corrected chi connectivity index (χ0v) is 14.7. The summed E-state index contributed by atoms with van der Waals surface area (Å²) in [5.74, 6) is 0. The number of hydrogen-bond donors (Lipinski definition) is 0. The lowest BCUT2D eigenvalue weighted by atomic mass is 9.97. The van der Waals surface area contributed by atoms with Crippen LogP contribution in [0.25, 0.3) is 0 Å². The predicted octanol–water partition coefficient (Wildman–Crippen LogP) is 5.92. The highest BCUT2D eigenvalue weighted by atomic mass is 15.2. The average Bonchev–Trinajstić information content (AvgIpc) is 2.54. The van der Waals surface area contributed by atoms with Gasteiger partial charge in [0.2, 0.25) is 0 Å². The van der Waals surface area contributed by atoms with Crippen LogP contribution in [0.1, 0.15) is 97.3 Å². The summed E-state index contributed by atoms with van der Waals surface area (Å²) in [5, 5.41) is 6.50. The van der Waals surface area contributed by atoms with Crippen molar-refractivity contribution in [3.05, 3.63) is 0 Å². The van der Waals surface area contributed by atoms with Crippen LogP contribution in [0.5, 0.6) is 0 Å². The van der Waals surface area contributed by atoms with E-state index >= 15 is 0 Å². The van der Waals surface area contributed by atoms with Gasteiger partial charge in [0.25, 0.3) is 0 Å². The number of nitrogens with zero attached hydrogens (tertiary/aromatic N) is 2. The third-order valence-corrected chi connectivity index (χ3v) is 4.67. The minimum atomic E-state index is 0.920. The van der Waals surface area contributed by atoms with Crippen LogP contribution in [-0.4, -0.2) is 24.0 Å². The molecule has 0 aromatic rings. The van der Waals surface area contributed by atoms with Crippen LogP contribution in [0, 0.1) is 11.8 Å². The largest absolute Gasteiger partial charge is 0.300 e. The predicted molar refractivity (Wildman–Crippen MR) is 93.4 cm³/mol. The lowest BCUT2D eigenvalue weighted by Crippen LogP contribution is -2.39. The highest BCUT2D eigenvalue weighted by Crippen LogP contribution is 2.21. The molecule has 1 saturated heterocycles. The average molecular weight is 295 g/mol. The monoisotopic (exact) mass is 294 g/mol. The van der Waals surface area contributed by atoms with E-state index in [1.54, 1.807) is 0 Å². The van der Waals surface area contributed by atoms with Gasteiger partial charge in [0.05, 0.1) is 0 Å². The van der Waals surface area contributed by atoms with Gasteiger partial charge in [-0.05, 0) is 38.8 Å². The summed E-state index contributed by atoms with van der Waals surface area (Å²) in [7, 11) is 0. The number of unbranched alkanes of at least 4 members (excludes halogenated alkanes) is 7. The van der Waals surface area contributed by atoms with E-state index in [0.717, 1.165) is 6.04 Å². The highest BCUT2D eigenvalue weighted by Gasteiger charge is 2.20. The van der Waals surface area contributed by atoms with Crippen LogP contribution in [0.15, 0.2) is 0 Å². The van der Waals surface area contributed by atoms with Crippen molar-refractivity contribution in [2.75, 3.05) is 13.1 Å². The number of hydrogen-bond acceptors (Lipinski definition) is 2. The molecule has 0 saturated carbocycles. The molecule has 124 valence electrons. The minimum Gasteiger partial charge on any atom is -0.300 e. The quantitative estimate of drug-likeness (QED) is 0.442. The van der Waals surface area contributed by atoms with Gasteiger partial charge >= 0.3 is 0 Å². The van der Waals surface area contributed by atoms with Crippen molar-refractivity contribution in [1.29, 1.82) is 5.26 Å². The van der Waals surface area contributed by atoms with Gasteiger partial charge in [-0.15, -0.1) is 0 Å². The maximum absolute atomic E-state index is 6.50. The molecule has 1 unspecified atom stereocenters. The van der Waals surface area contributed by atoms with Crippen molar-refractivity contribution in [3.63, 3.8) is 0 Å². The second-order valence-electron chi connectivity index (χ2n) is 6.45. The fraction of sp³-hybridized carbons (Fsp3) is 0.947. The van der Waals surface area contributed by atoms with E-state index in [4.69, 9.17) is 5.26 Å². The Balaban J connectivity index is 0.00000191. The molecule has 0 N–H and O–H groups in total. The third-order valence-electron chi connectivity index (χ3n) is 4.67. The molecular weight excluding hydrogens is 256 g/mol. The van der Waals surface area contributed by atoms with E-state index in [9.17, 15) is 0 Å². The summed E-state index contributed by atoms with van der Waals surface area (Å²) in [6.07, 6.45) is 18.7. The third kappa shape index (κ3) is 10.8. The van der Waals surface area contributed by atoms with E-state index in [2.05, 4.69) is 25.3 Å². The van der Waals surface area contributed by atoms with E-state index in [-0.39, 0.29) is 0 Å². The number of rotatable bonds is 11. The van der Waals surface area contributed by atoms with E-state index in [1.165, 1.54) is 96.6 Å². The van der Waals surface area contributed by atoms with Gasteiger partial charge in [-0.2, -0.15) is 0 Å². The SMILES string of the molecule is C#N.CCCCCCCCCCN1CCCCC1CCC. The van der Waals surface area contributed by atoms with E-state index in [1.807, 2.05) is 0 Å². The smallest absolute Gasteiger partial charge is 0.0462 e. The zero-order chi connectivity index (χ0) is 15.8. The molecule has 2 heteroatoms. The Kier molecular flexibility index (Phi) is 15.4. The summed E-state index contributed by atoms with van der Waals surface area (Å²) in [5.41, 5.74) is 0. The van der Waals surface area contributed by atoms with Crippen molar-refractivity contribution in [2.45, 2.75) is 103 Å². The van der Waals surface area contributed by atoms with Crippen LogP contribution in [0.3, 0.4) is 0 Å². The van der Waals surface area contributed by atoms with Gasteiger partial charge in [0.1, 0.15) is 0 Å². The number of nitriles is 1. The fourth-order valence-corrected chi connectivity index (χ4v) is 3.46. The topological polar surface area (TPSA) is 27.0 Å². The molecule has 0 aromatic heterocycles. The first-order valence-corrected chi connectivity index (χ1v) is 9.38. The summed E-state index contributed by atoms with van der Waals surface area (Å²) in [6, 6.07) is 0.920. The normalized spacial score (nSPS) is 19.0. The maximum Gasteiger partial charge on any atom is 0.0462 e. The van der Waals surface area contributed by atoms with Gasteiger partial charge in [0, 0.05) is 12.6 Å². The van der Waals surface area contributed by atoms with Gasteiger partial charge < -0.3 is 4.90 Å². The van der Waals surface area contributed by atoms with Gasteiger partial charge in [-0.25, -0.2) is 5.26 Å². The van der Waals surface area contributed by atoms with Crippen molar-refractivity contribution in [3.8, 4) is 6.57 Å². The Hall–Kier alpha value is -0.550. The van der Waals surface area contributed by atoms with E-state index in [0.29, 0.717) is 0 Å². The standard InChI is InChI=1S/C18H37N.CHN/c1-3-5-6-7-8-9-10-12-16-19-17-13-11-15-18(19)14-4-2;1-2/h18H,3-17H2,1-2H3;1H. The molecule has 0 aliphatic carbocycles. The zero-order valence-electron chi connectivity index (χ0n) is 14.7. The molecule has 0 aromatic carbocycles. The molecule has 1 rings (SSSR count). The summed E-state index contributed by atoms with van der Waals surface area (Å²) in [4.78, 5) is 2.80. The lowest BCUT2D eigenvalue weighted by molar-refractivity contribution is 0.136. The molecule has 1 aliphatic rings. The minimum absolute atomic E-state index is 0.920. The van der Waals surface area contributed by atoms with Crippen molar-refractivity contribution in [2.24, 2.45) is 0 Å². The van der Waals surface area contributed by atoms with Crippen molar-refractivity contribution < 1.29 is 0 Å². The Labute approximate surface area is 133 Å². The fourth-order valence-electron chi connectivity index (χ4n) is 3.46. The van der Waals surface area contributed by atoms with Crippen molar-refractivity contribution in [1.82, 2.24) is 4.90 Å². The summed E-state index contributed by atoms with van der Waals surface area (Å²) in [6.45, 7) is 10.9. The molecule has 0 bridgehead atoms. The second kappa shape index (κ2) is 15.8. The second-order valence-corrected chi connectivity index (χ2v) is 6.45. The van der Waals surface area contributed by atoms with Gasteiger partial charge in [-0.1, -0.05) is 71.6 Å². The van der Waals surface area contributed by atoms with Crippen LogP contribution < -0.4 is 0 Å². The van der Waals surface area contributed by atoms with E-state index < -0.39 is 0 Å². The molecule has 0 radical (unpaired) electrons. The Morgan fingerprint density at radius 2 is 1.48 bits per heavy atom. The first-order chi connectivity index (χ1) is 10.4. The number of likely N-dealkylation sites (tertiary alicyclic amines) is 1. The maximum atomic E-state index is 6.50. The molecule has 0 amide bonds. The van der Waals surface area contributed by atoms with Gasteiger partial charge in [-0.3, -0.25) is 0 Å². The molecule has 1 heterocycles. The molecule has 1 aliphatic heterocycles. The first-order valence-electron chi connectivity index (χ1n) is 9.38. The first kappa shape index (κ1) is 20.5. The Morgan fingerprint density at radius 1 is 0.857 bits per heavy atom. The molecule has 21 heavy (non-hydrogen) atoms. The highest BCUT2D eigenvalue weighted by molar-refractivity contribution is 4.76. The summed E-state index contributed by atoms with van der Waals surface area (Å²) >= 11 is 0. The molecule has 1 atom stereocenters. The van der Waals surface area contributed by atoms with Crippen LogP contribution >= 0.6 is 0 Å². The van der Waals surface area contributed by atoms with Gasteiger partial charge in [0.15, 0.2) is 0 Å². The molecule has 1 fully saturated rings. The lowest BCUT2D eigenvalue weighted by Gasteiger charge is -2.35. The Morgan fingerprint density at radius 3 is 2.10 bits per heavy atom. The number of piperidine rings is 1.